The first-order valence-corrected chi connectivity index (χ1v) is 8.25. The summed E-state index contributed by atoms with van der Waals surface area (Å²) in [6.07, 6.45) is -0.877. The van der Waals surface area contributed by atoms with E-state index in [2.05, 4.69) is 20.7 Å². The van der Waals surface area contributed by atoms with Crippen LogP contribution in [0.5, 0.6) is 0 Å². The largest absolute Gasteiger partial charge is 0.387 e. The topological polar surface area (TPSA) is 66.4 Å². The number of nitrogens with one attached hydrogen (secondary N) is 1. The molecule has 0 radical (unpaired) electrons. The van der Waals surface area contributed by atoms with Gasteiger partial charge in [0, 0.05) is 11.0 Å². The SMILES string of the molecule is O=S(=O)(NCC(O)c1ccccc1)c1cccc(Br)c1. The Labute approximate surface area is 126 Å². The van der Waals surface area contributed by atoms with Crippen molar-refractivity contribution in [2.24, 2.45) is 0 Å². The van der Waals surface area contributed by atoms with Gasteiger partial charge in [-0.15, -0.1) is 0 Å². The summed E-state index contributed by atoms with van der Waals surface area (Å²) in [7, 11) is -3.63. The molecule has 0 aromatic heterocycles. The Bertz CT molecular complexity index is 674. The molecule has 1 atom stereocenters. The van der Waals surface area contributed by atoms with Crippen LogP contribution in [-0.4, -0.2) is 20.1 Å². The molecule has 4 nitrogen and oxygen atoms in total. The van der Waals surface area contributed by atoms with Crippen molar-refractivity contribution in [2.45, 2.75) is 11.0 Å². The van der Waals surface area contributed by atoms with E-state index in [4.69, 9.17) is 0 Å². The summed E-state index contributed by atoms with van der Waals surface area (Å²) in [5, 5.41) is 9.95. The summed E-state index contributed by atoms with van der Waals surface area (Å²) in [6, 6.07) is 15.3. The van der Waals surface area contributed by atoms with Crippen molar-refractivity contribution in [3.8, 4) is 0 Å². The fraction of sp³-hybridized carbons (Fsp3) is 0.143. The maximum atomic E-state index is 12.1. The van der Waals surface area contributed by atoms with E-state index in [1.807, 2.05) is 6.07 Å². The third-order valence-corrected chi connectivity index (χ3v) is 4.67. The quantitative estimate of drug-likeness (QED) is 0.865. The van der Waals surface area contributed by atoms with Gasteiger partial charge in [0.2, 0.25) is 10.0 Å². The van der Waals surface area contributed by atoms with Crippen LogP contribution in [0.1, 0.15) is 11.7 Å². The standard InChI is InChI=1S/C14H14BrNO3S/c15-12-7-4-8-13(9-12)20(18,19)16-10-14(17)11-5-2-1-3-6-11/h1-9,14,16-17H,10H2. The molecule has 2 N–H and O–H groups in total. The zero-order valence-electron chi connectivity index (χ0n) is 10.5. The maximum absolute atomic E-state index is 12.1. The van der Waals surface area contributed by atoms with Gasteiger partial charge in [-0.3, -0.25) is 0 Å². The third-order valence-electron chi connectivity index (χ3n) is 2.76. The van der Waals surface area contributed by atoms with Crippen molar-refractivity contribution >= 4 is 26.0 Å². The molecule has 2 aromatic rings. The maximum Gasteiger partial charge on any atom is 0.240 e. The number of hydrogen-bond acceptors (Lipinski definition) is 3. The third kappa shape index (κ3) is 3.89. The molecule has 2 rings (SSSR count). The molecule has 6 heteroatoms. The number of sulfonamides is 1. The van der Waals surface area contributed by atoms with Crippen LogP contribution >= 0.6 is 15.9 Å². The van der Waals surface area contributed by atoms with Crippen LogP contribution in [0.25, 0.3) is 0 Å². The molecule has 0 amide bonds. The Kier molecular flexibility index (Phi) is 4.93. The number of benzene rings is 2. The molecule has 1 unspecified atom stereocenters. The summed E-state index contributed by atoms with van der Waals surface area (Å²) in [6.45, 7) is -0.0706. The Balaban J connectivity index is 2.07. The van der Waals surface area contributed by atoms with Crippen LogP contribution in [-0.2, 0) is 10.0 Å². The Morgan fingerprint density at radius 3 is 2.45 bits per heavy atom. The molecular formula is C14H14BrNO3S. The van der Waals surface area contributed by atoms with Crippen LogP contribution in [0.15, 0.2) is 64.0 Å². The predicted octanol–water partition coefficient (Wildman–Crippen LogP) is 2.46. The zero-order chi connectivity index (χ0) is 14.6. The lowest BCUT2D eigenvalue weighted by Gasteiger charge is -2.12. The van der Waals surface area contributed by atoms with Gasteiger partial charge < -0.3 is 5.11 Å². The lowest BCUT2D eigenvalue weighted by molar-refractivity contribution is 0.182. The highest BCUT2D eigenvalue weighted by atomic mass is 79.9. The lowest BCUT2D eigenvalue weighted by Crippen LogP contribution is -2.28. The van der Waals surface area contributed by atoms with E-state index in [9.17, 15) is 13.5 Å². The average molecular weight is 356 g/mol. The minimum atomic E-state index is -3.63. The molecule has 0 aliphatic heterocycles. The minimum absolute atomic E-state index is 0.0706. The Morgan fingerprint density at radius 1 is 1.10 bits per heavy atom. The van der Waals surface area contributed by atoms with Crippen LogP contribution in [0.2, 0.25) is 0 Å². The van der Waals surface area contributed by atoms with E-state index < -0.39 is 16.1 Å². The van der Waals surface area contributed by atoms with Gasteiger partial charge in [0.25, 0.3) is 0 Å². The molecule has 20 heavy (non-hydrogen) atoms. The molecule has 0 aliphatic rings. The minimum Gasteiger partial charge on any atom is -0.387 e. The van der Waals surface area contributed by atoms with Crippen LogP contribution in [0.3, 0.4) is 0 Å². The van der Waals surface area contributed by atoms with Crippen LogP contribution in [0, 0.1) is 0 Å². The second-order valence-electron chi connectivity index (χ2n) is 4.24. The number of aliphatic hydroxyl groups is 1. The van der Waals surface area contributed by atoms with Gasteiger partial charge in [-0.1, -0.05) is 52.3 Å². The fourth-order valence-electron chi connectivity index (χ4n) is 1.70. The van der Waals surface area contributed by atoms with Gasteiger partial charge >= 0.3 is 0 Å². The number of halogens is 1. The highest BCUT2D eigenvalue weighted by molar-refractivity contribution is 9.10. The molecule has 2 aromatic carbocycles. The lowest BCUT2D eigenvalue weighted by atomic mass is 10.1. The smallest absolute Gasteiger partial charge is 0.240 e. The van der Waals surface area contributed by atoms with Crippen LogP contribution in [0.4, 0.5) is 0 Å². The highest BCUT2D eigenvalue weighted by Gasteiger charge is 2.16. The normalized spacial score (nSPS) is 13.1. The fourth-order valence-corrected chi connectivity index (χ4v) is 3.33. The van der Waals surface area contributed by atoms with E-state index >= 15 is 0 Å². The molecule has 0 spiro atoms. The molecule has 0 saturated carbocycles. The predicted molar refractivity (Wildman–Crippen MR) is 80.7 cm³/mol. The molecule has 106 valence electrons. The first-order valence-electron chi connectivity index (χ1n) is 5.97. The molecule has 0 aliphatic carbocycles. The van der Waals surface area contributed by atoms with Crippen molar-refractivity contribution in [1.82, 2.24) is 4.72 Å². The molecule has 0 fully saturated rings. The van der Waals surface area contributed by atoms with Crippen molar-refractivity contribution in [2.75, 3.05) is 6.54 Å². The van der Waals surface area contributed by atoms with E-state index in [1.165, 1.54) is 12.1 Å². The summed E-state index contributed by atoms with van der Waals surface area (Å²) in [5.74, 6) is 0. The van der Waals surface area contributed by atoms with Gasteiger partial charge in [-0.2, -0.15) is 0 Å². The first kappa shape index (κ1) is 15.2. The van der Waals surface area contributed by atoms with Crippen molar-refractivity contribution in [3.63, 3.8) is 0 Å². The monoisotopic (exact) mass is 355 g/mol. The summed E-state index contributed by atoms with van der Waals surface area (Å²) >= 11 is 3.23. The van der Waals surface area contributed by atoms with Gasteiger partial charge in [-0.25, -0.2) is 13.1 Å². The Hall–Kier alpha value is -1.21. The zero-order valence-corrected chi connectivity index (χ0v) is 12.9. The summed E-state index contributed by atoms with van der Waals surface area (Å²) in [5.41, 5.74) is 0.671. The first-order chi connectivity index (χ1) is 9.49. The average Bonchev–Trinajstić information content (AvgIpc) is 2.46. The number of aliphatic hydroxyl groups excluding tert-OH is 1. The van der Waals surface area contributed by atoms with E-state index in [1.54, 1.807) is 36.4 Å². The summed E-state index contributed by atoms with van der Waals surface area (Å²) < 4.78 is 27.2. The Morgan fingerprint density at radius 2 is 1.80 bits per heavy atom. The molecular weight excluding hydrogens is 342 g/mol. The van der Waals surface area contributed by atoms with E-state index in [0.717, 1.165) is 0 Å². The molecule has 0 bridgehead atoms. The molecule has 0 heterocycles. The summed E-state index contributed by atoms with van der Waals surface area (Å²) in [4.78, 5) is 0.159. The van der Waals surface area contributed by atoms with Gasteiger partial charge in [-0.05, 0) is 23.8 Å². The highest BCUT2D eigenvalue weighted by Crippen LogP contribution is 2.17. The van der Waals surface area contributed by atoms with E-state index in [-0.39, 0.29) is 11.4 Å². The molecule has 0 saturated heterocycles. The van der Waals surface area contributed by atoms with Crippen molar-refractivity contribution in [3.05, 3.63) is 64.6 Å². The van der Waals surface area contributed by atoms with E-state index in [0.29, 0.717) is 10.0 Å². The van der Waals surface area contributed by atoms with Gasteiger partial charge in [0.05, 0.1) is 11.0 Å². The van der Waals surface area contributed by atoms with Crippen LogP contribution < -0.4 is 4.72 Å². The van der Waals surface area contributed by atoms with Gasteiger partial charge in [0.15, 0.2) is 0 Å². The number of rotatable bonds is 5. The second kappa shape index (κ2) is 6.49. The van der Waals surface area contributed by atoms with Crippen molar-refractivity contribution in [1.29, 1.82) is 0 Å². The second-order valence-corrected chi connectivity index (χ2v) is 6.92. The number of hydrogen-bond donors (Lipinski definition) is 2. The van der Waals surface area contributed by atoms with Gasteiger partial charge in [0.1, 0.15) is 0 Å². The van der Waals surface area contributed by atoms with Crippen molar-refractivity contribution < 1.29 is 13.5 Å².